The lowest BCUT2D eigenvalue weighted by Crippen LogP contribution is -2.20. The zero-order chi connectivity index (χ0) is 12.4. The maximum atomic E-state index is 11.1. The van der Waals surface area contributed by atoms with Gasteiger partial charge in [-0.25, -0.2) is 9.78 Å². The van der Waals surface area contributed by atoms with Gasteiger partial charge < -0.3 is 10.0 Å². The topological polar surface area (TPSA) is 53.4 Å². The van der Waals surface area contributed by atoms with Crippen LogP contribution in [0.4, 0.5) is 5.82 Å². The minimum absolute atomic E-state index is 0.246. The largest absolute Gasteiger partial charge is 0.478 e. The predicted molar refractivity (Wildman–Crippen MR) is 66.7 cm³/mol. The molecule has 2 heterocycles. The molecular weight excluding hydrogens is 216 g/mol. The molecule has 1 saturated heterocycles. The van der Waals surface area contributed by atoms with Crippen molar-refractivity contribution >= 4 is 11.8 Å². The molecule has 1 aliphatic heterocycles. The van der Waals surface area contributed by atoms with Crippen molar-refractivity contribution in [1.82, 2.24) is 4.98 Å². The van der Waals surface area contributed by atoms with Crippen molar-refractivity contribution in [2.24, 2.45) is 0 Å². The lowest BCUT2D eigenvalue weighted by molar-refractivity contribution is 0.0696. The summed E-state index contributed by atoms with van der Waals surface area (Å²) in [5, 5.41) is 9.11. The predicted octanol–water partition coefficient (Wildman–Crippen LogP) is 2.50. The molecule has 0 saturated carbocycles. The molecule has 0 unspecified atom stereocenters. The lowest BCUT2D eigenvalue weighted by atomic mass is 10.1. The van der Waals surface area contributed by atoms with Gasteiger partial charge in [-0.1, -0.05) is 13.8 Å². The smallest absolute Gasteiger partial charge is 0.335 e. The summed E-state index contributed by atoms with van der Waals surface area (Å²) in [6.45, 7) is 6.02. The number of carbonyl (C=O) groups is 1. The molecule has 0 spiro atoms. The summed E-state index contributed by atoms with van der Waals surface area (Å²) in [5.74, 6) is 0.177. The number of rotatable bonds is 3. The summed E-state index contributed by atoms with van der Waals surface area (Å²) < 4.78 is 0. The van der Waals surface area contributed by atoms with E-state index in [1.807, 2.05) is 13.8 Å². The van der Waals surface area contributed by atoms with Crippen molar-refractivity contribution in [1.29, 1.82) is 0 Å². The van der Waals surface area contributed by atoms with E-state index in [4.69, 9.17) is 5.11 Å². The van der Waals surface area contributed by atoms with Crippen molar-refractivity contribution in [2.75, 3.05) is 18.0 Å². The van der Waals surface area contributed by atoms with Crippen molar-refractivity contribution in [3.8, 4) is 0 Å². The van der Waals surface area contributed by atoms with Crippen LogP contribution in [-0.4, -0.2) is 29.1 Å². The van der Waals surface area contributed by atoms with E-state index < -0.39 is 5.97 Å². The summed E-state index contributed by atoms with van der Waals surface area (Å²) in [6.07, 6.45) is 2.33. The molecule has 2 rings (SSSR count). The van der Waals surface area contributed by atoms with E-state index in [1.165, 1.54) is 0 Å². The Morgan fingerprint density at radius 1 is 1.35 bits per heavy atom. The van der Waals surface area contributed by atoms with Crippen LogP contribution in [0.25, 0.3) is 0 Å². The molecule has 1 aromatic rings. The standard InChI is InChI=1S/C13H18N2O2/c1-9(2)11-7-10(13(16)17)8-12(14-11)15-5-3-4-6-15/h7-9H,3-6H2,1-2H3,(H,16,17). The van der Waals surface area contributed by atoms with Gasteiger partial charge in [0.15, 0.2) is 0 Å². The highest BCUT2D eigenvalue weighted by molar-refractivity contribution is 5.88. The number of nitrogens with zero attached hydrogens (tertiary/aromatic N) is 2. The Morgan fingerprint density at radius 3 is 2.53 bits per heavy atom. The number of carboxylic acid groups (broad SMARTS) is 1. The molecule has 4 nitrogen and oxygen atoms in total. The Labute approximate surface area is 101 Å². The Bertz CT molecular complexity index is 423. The molecule has 1 aliphatic rings. The Morgan fingerprint density at radius 2 is 2.00 bits per heavy atom. The zero-order valence-corrected chi connectivity index (χ0v) is 10.3. The molecule has 4 heteroatoms. The quantitative estimate of drug-likeness (QED) is 0.873. The first kappa shape index (κ1) is 11.9. The summed E-state index contributed by atoms with van der Waals surface area (Å²) in [4.78, 5) is 17.8. The minimum Gasteiger partial charge on any atom is -0.478 e. The van der Waals surface area contributed by atoms with Crippen molar-refractivity contribution in [3.63, 3.8) is 0 Å². The maximum Gasteiger partial charge on any atom is 0.335 e. The normalized spacial score (nSPS) is 15.6. The number of pyridine rings is 1. The zero-order valence-electron chi connectivity index (χ0n) is 10.3. The van der Waals surface area contributed by atoms with Gasteiger partial charge in [-0.2, -0.15) is 0 Å². The van der Waals surface area contributed by atoms with Crippen LogP contribution in [0.2, 0.25) is 0 Å². The molecule has 1 N–H and O–H groups in total. The molecule has 0 atom stereocenters. The summed E-state index contributed by atoms with van der Waals surface area (Å²) in [6, 6.07) is 3.35. The van der Waals surface area contributed by atoms with E-state index in [1.54, 1.807) is 12.1 Å². The fraction of sp³-hybridized carbons (Fsp3) is 0.538. The van der Waals surface area contributed by atoms with E-state index in [0.717, 1.165) is 37.4 Å². The third-order valence-corrected chi connectivity index (χ3v) is 3.10. The first-order chi connectivity index (χ1) is 8.08. The van der Waals surface area contributed by atoms with Crippen LogP contribution >= 0.6 is 0 Å². The highest BCUT2D eigenvalue weighted by Crippen LogP contribution is 2.23. The van der Waals surface area contributed by atoms with E-state index in [2.05, 4.69) is 9.88 Å². The molecule has 0 aromatic carbocycles. The SMILES string of the molecule is CC(C)c1cc(C(=O)O)cc(N2CCCC2)n1. The first-order valence-corrected chi connectivity index (χ1v) is 6.08. The third kappa shape index (κ3) is 2.57. The molecule has 92 valence electrons. The van der Waals surface area contributed by atoms with E-state index in [-0.39, 0.29) is 5.92 Å². The second-order valence-corrected chi connectivity index (χ2v) is 4.79. The second kappa shape index (κ2) is 4.73. The Balaban J connectivity index is 2.39. The van der Waals surface area contributed by atoms with Crippen molar-refractivity contribution < 1.29 is 9.90 Å². The highest BCUT2D eigenvalue weighted by Gasteiger charge is 2.17. The number of anilines is 1. The fourth-order valence-electron chi connectivity index (χ4n) is 2.06. The molecule has 0 amide bonds. The molecule has 0 bridgehead atoms. The number of aromatic nitrogens is 1. The molecule has 1 aromatic heterocycles. The molecule has 0 aliphatic carbocycles. The van der Waals surface area contributed by atoms with Crippen molar-refractivity contribution in [2.45, 2.75) is 32.6 Å². The lowest BCUT2D eigenvalue weighted by Gasteiger charge is -2.18. The summed E-state index contributed by atoms with van der Waals surface area (Å²) in [5.41, 5.74) is 1.19. The molecule has 1 fully saturated rings. The maximum absolute atomic E-state index is 11.1. The van der Waals surface area contributed by atoms with Gasteiger partial charge in [0.1, 0.15) is 5.82 Å². The molecule has 0 radical (unpaired) electrons. The number of carboxylic acids is 1. The van der Waals surface area contributed by atoms with Crippen molar-refractivity contribution in [3.05, 3.63) is 23.4 Å². The van der Waals surface area contributed by atoms with Gasteiger partial charge in [-0.3, -0.25) is 0 Å². The van der Waals surface area contributed by atoms with Gasteiger partial charge >= 0.3 is 5.97 Å². The van der Waals surface area contributed by atoms with Crippen LogP contribution < -0.4 is 4.90 Å². The van der Waals surface area contributed by atoms with Gasteiger partial charge in [0.2, 0.25) is 0 Å². The van der Waals surface area contributed by atoms with Gasteiger partial charge in [0.05, 0.1) is 5.56 Å². The number of hydrogen-bond acceptors (Lipinski definition) is 3. The highest BCUT2D eigenvalue weighted by atomic mass is 16.4. The average Bonchev–Trinajstić information content (AvgIpc) is 2.81. The number of aromatic carboxylic acids is 1. The average molecular weight is 234 g/mol. The van der Waals surface area contributed by atoms with Crippen LogP contribution in [-0.2, 0) is 0 Å². The second-order valence-electron chi connectivity index (χ2n) is 4.79. The van der Waals surface area contributed by atoms with Gasteiger partial charge in [0, 0.05) is 18.8 Å². The molecule has 17 heavy (non-hydrogen) atoms. The monoisotopic (exact) mass is 234 g/mol. The van der Waals surface area contributed by atoms with Crippen LogP contribution in [0.5, 0.6) is 0 Å². The fourth-order valence-corrected chi connectivity index (χ4v) is 2.06. The van der Waals surface area contributed by atoms with Gasteiger partial charge in [-0.05, 0) is 30.9 Å². The summed E-state index contributed by atoms with van der Waals surface area (Å²) >= 11 is 0. The Kier molecular flexibility index (Phi) is 3.31. The van der Waals surface area contributed by atoms with Crippen LogP contribution in [0.3, 0.4) is 0 Å². The summed E-state index contributed by atoms with van der Waals surface area (Å²) in [7, 11) is 0. The van der Waals surface area contributed by atoms with Crippen LogP contribution in [0.1, 0.15) is 48.7 Å². The first-order valence-electron chi connectivity index (χ1n) is 6.08. The van der Waals surface area contributed by atoms with E-state index in [0.29, 0.717) is 5.56 Å². The van der Waals surface area contributed by atoms with Crippen LogP contribution in [0.15, 0.2) is 12.1 Å². The van der Waals surface area contributed by atoms with E-state index in [9.17, 15) is 4.79 Å². The third-order valence-electron chi connectivity index (χ3n) is 3.10. The number of hydrogen-bond donors (Lipinski definition) is 1. The van der Waals surface area contributed by atoms with Gasteiger partial charge in [-0.15, -0.1) is 0 Å². The van der Waals surface area contributed by atoms with Crippen LogP contribution in [0, 0.1) is 0 Å². The van der Waals surface area contributed by atoms with Gasteiger partial charge in [0.25, 0.3) is 0 Å². The minimum atomic E-state index is -0.880. The molecular formula is C13H18N2O2. The Hall–Kier alpha value is -1.58. The van der Waals surface area contributed by atoms with E-state index >= 15 is 0 Å².